The monoisotopic (exact) mass is 198 g/mol. The van der Waals surface area contributed by atoms with E-state index >= 15 is 0 Å². The van der Waals surface area contributed by atoms with Gasteiger partial charge < -0.3 is 5.73 Å². The summed E-state index contributed by atoms with van der Waals surface area (Å²) in [6.07, 6.45) is 1.21. The standard InChI is InChI=1S/C12H26N2/c1-6-12(4,5)14-7-9(2)11(13)10(3)8-14/h9-11H,6-8,13H2,1-5H3. The van der Waals surface area contributed by atoms with Crippen LogP contribution >= 0.6 is 0 Å². The van der Waals surface area contributed by atoms with Gasteiger partial charge in [-0.05, 0) is 32.1 Å². The van der Waals surface area contributed by atoms with E-state index in [1.807, 2.05) is 0 Å². The zero-order valence-electron chi connectivity index (χ0n) is 10.4. The Labute approximate surface area is 88.8 Å². The molecule has 1 rings (SSSR count). The summed E-state index contributed by atoms with van der Waals surface area (Å²) in [5, 5.41) is 0. The maximum absolute atomic E-state index is 6.14. The predicted octanol–water partition coefficient (Wildman–Crippen LogP) is 2.09. The molecule has 0 aromatic carbocycles. The summed E-state index contributed by atoms with van der Waals surface area (Å²) < 4.78 is 0. The van der Waals surface area contributed by atoms with Crippen LogP contribution in [0.15, 0.2) is 0 Å². The van der Waals surface area contributed by atoms with E-state index in [0.717, 1.165) is 13.1 Å². The van der Waals surface area contributed by atoms with E-state index in [1.165, 1.54) is 6.42 Å². The Balaban J connectivity index is 2.66. The van der Waals surface area contributed by atoms with Gasteiger partial charge in [-0.15, -0.1) is 0 Å². The molecule has 0 bridgehead atoms. The number of nitrogens with two attached hydrogens (primary N) is 1. The summed E-state index contributed by atoms with van der Waals surface area (Å²) in [7, 11) is 0. The van der Waals surface area contributed by atoms with E-state index in [-0.39, 0.29) is 0 Å². The molecule has 0 radical (unpaired) electrons. The maximum Gasteiger partial charge on any atom is 0.0150 e. The number of likely N-dealkylation sites (tertiary alicyclic amines) is 1. The fraction of sp³-hybridized carbons (Fsp3) is 1.00. The average molecular weight is 198 g/mol. The lowest BCUT2D eigenvalue weighted by Gasteiger charge is -2.47. The molecular weight excluding hydrogens is 172 g/mol. The predicted molar refractivity (Wildman–Crippen MR) is 62.2 cm³/mol. The van der Waals surface area contributed by atoms with Gasteiger partial charge in [0.15, 0.2) is 0 Å². The highest BCUT2D eigenvalue weighted by atomic mass is 15.2. The highest BCUT2D eigenvalue weighted by Gasteiger charge is 2.35. The number of hydrogen-bond donors (Lipinski definition) is 1. The van der Waals surface area contributed by atoms with Gasteiger partial charge in [-0.2, -0.15) is 0 Å². The number of rotatable bonds is 2. The van der Waals surface area contributed by atoms with Gasteiger partial charge in [0.05, 0.1) is 0 Å². The van der Waals surface area contributed by atoms with Gasteiger partial charge in [-0.3, -0.25) is 4.90 Å². The molecule has 14 heavy (non-hydrogen) atoms. The molecule has 2 heteroatoms. The van der Waals surface area contributed by atoms with Crippen LogP contribution in [0.4, 0.5) is 0 Å². The third kappa shape index (κ3) is 2.29. The van der Waals surface area contributed by atoms with Crippen molar-refractivity contribution in [3.05, 3.63) is 0 Å². The van der Waals surface area contributed by atoms with Crippen LogP contribution < -0.4 is 5.73 Å². The molecule has 1 aliphatic rings. The Kier molecular flexibility index (Phi) is 3.59. The van der Waals surface area contributed by atoms with Gasteiger partial charge in [-0.1, -0.05) is 20.8 Å². The van der Waals surface area contributed by atoms with Crippen molar-refractivity contribution in [2.24, 2.45) is 17.6 Å². The molecule has 2 unspecified atom stereocenters. The molecule has 1 heterocycles. The molecule has 2 atom stereocenters. The normalized spacial score (nSPS) is 36.0. The minimum Gasteiger partial charge on any atom is -0.327 e. The van der Waals surface area contributed by atoms with E-state index < -0.39 is 0 Å². The van der Waals surface area contributed by atoms with Crippen molar-refractivity contribution < 1.29 is 0 Å². The Morgan fingerprint density at radius 2 is 1.64 bits per heavy atom. The van der Waals surface area contributed by atoms with Gasteiger partial charge in [0.2, 0.25) is 0 Å². The lowest BCUT2D eigenvalue weighted by atomic mass is 9.83. The first kappa shape index (κ1) is 12.0. The molecule has 2 nitrogen and oxygen atoms in total. The number of nitrogens with zero attached hydrogens (tertiary/aromatic N) is 1. The Morgan fingerprint density at radius 3 is 2.00 bits per heavy atom. The van der Waals surface area contributed by atoms with Crippen molar-refractivity contribution in [3.8, 4) is 0 Å². The van der Waals surface area contributed by atoms with Crippen LogP contribution in [-0.4, -0.2) is 29.6 Å². The van der Waals surface area contributed by atoms with E-state index in [0.29, 0.717) is 23.4 Å². The van der Waals surface area contributed by atoms with Gasteiger partial charge in [0, 0.05) is 24.7 Å². The van der Waals surface area contributed by atoms with Crippen LogP contribution in [0.5, 0.6) is 0 Å². The maximum atomic E-state index is 6.14. The molecule has 1 saturated heterocycles. The van der Waals surface area contributed by atoms with E-state index in [2.05, 4.69) is 39.5 Å². The summed E-state index contributed by atoms with van der Waals surface area (Å²) in [5.41, 5.74) is 6.48. The van der Waals surface area contributed by atoms with Crippen LogP contribution in [-0.2, 0) is 0 Å². The van der Waals surface area contributed by atoms with Gasteiger partial charge in [0.25, 0.3) is 0 Å². The second kappa shape index (κ2) is 4.19. The SMILES string of the molecule is CCC(C)(C)N1CC(C)C(N)C(C)C1. The number of hydrogen-bond acceptors (Lipinski definition) is 2. The molecule has 0 aromatic heterocycles. The summed E-state index contributed by atoms with van der Waals surface area (Å²) in [5.74, 6) is 1.26. The van der Waals surface area contributed by atoms with Gasteiger partial charge >= 0.3 is 0 Å². The zero-order chi connectivity index (χ0) is 10.9. The zero-order valence-corrected chi connectivity index (χ0v) is 10.4. The highest BCUT2D eigenvalue weighted by molar-refractivity contribution is 4.91. The van der Waals surface area contributed by atoms with Gasteiger partial charge in [0.1, 0.15) is 0 Å². The average Bonchev–Trinajstić information content (AvgIpc) is 2.13. The van der Waals surface area contributed by atoms with Crippen LogP contribution in [0.1, 0.15) is 41.0 Å². The third-order valence-electron chi connectivity index (χ3n) is 4.05. The molecular formula is C12H26N2. The summed E-state index contributed by atoms with van der Waals surface area (Å²) in [6.45, 7) is 13.8. The lowest BCUT2D eigenvalue weighted by molar-refractivity contribution is 0.0320. The summed E-state index contributed by atoms with van der Waals surface area (Å²) in [6, 6.07) is 0.388. The first-order valence-corrected chi connectivity index (χ1v) is 5.89. The highest BCUT2D eigenvalue weighted by Crippen LogP contribution is 2.28. The van der Waals surface area contributed by atoms with Crippen LogP contribution in [0, 0.1) is 11.8 Å². The molecule has 0 aliphatic carbocycles. The first-order valence-electron chi connectivity index (χ1n) is 5.89. The lowest BCUT2D eigenvalue weighted by Crippen LogP contribution is -2.57. The van der Waals surface area contributed by atoms with E-state index in [9.17, 15) is 0 Å². The van der Waals surface area contributed by atoms with Crippen molar-refractivity contribution >= 4 is 0 Å². The molecule has 1 fully saturated rings. The largest absolute Gasteiger partial charge is 0.327 e. The molecule has 0 aromatic rings. The third-order valence-corrected chi connectivity index (χ3v) is 4.05. The molecule has 0 amide bonds. The second-order valence-corrected chi connectivity index (χ2v) is 5.60. The van der Waals surface area contributed by atoms with Crippen molar-refractivity contribution in [2.45, 2.75) is 52.6 Å². The van der Waals surface area contributed by atoms with Crippen LogP contribution in [0.25, 0.3) is 0 Å². The first-order chi connectivity index (χ1) is 6.38. The molecule has 0 saturated carbocycles. The van der Waals surface area contributed by atoms with Crippen LogP contribution in [0.2, 0.25) is 0 Å². The Bertz CT molecular complexity index is 177. The molecule has 84 valence electrons. The number of piperidine rings is 1. The molecule has 1 aliphatic heterocycles. The van der Waals surface area contributed by atoms with E-state index in [1.54, 1.807) is 0 Å². The van der Waals surface area contributed by atoms with Crippen molar-refractivity contribution in [3.63, 3.8) is 0 Å². The Morgan fingerprint density at radius 1 is 1.21 bits per heavy atom. The fourth-order valence-corrected chi connectivity index (χ4v) is 2.29. The minimum absolute atomic E-state index is 0.336. The fourth-order valence-electron chi connectivity index (χ4n) is 2.29. The minimum atomic E-state index is 0.336. The second-order valence-electron chi connectivity index (χ2n) is 5.60. The molecule has 2 N–H and O–H groups in total. The summed E-state index contributed by atoms with van der Waals surface area (Å²) >= 11 is 0. The van der Waals surface area contributed by atoms with Crippen LogP contribution in [0.3, 0.4) is 0 Å². The smallest absolute Gasteiger partial charge is 0.0150 e. The van der Waals surface area contributed by atoms with Crippen molar-refractivity contribution in [2.75, 3.05) is 13.1 Å². The van der Waals surface area contributed by atoms with E-state index in [4.69, 9.17) is 5.73 Å². The quantitative estimate of drug-likeness (QED) is 0.736. The topological polar surface area (TPSA) is 29.3 Å². The van der Waals surface area contributed by atoms with Gasteiger partial charge in [-0.25, -0.2) is 0 Å². The van der Waals surface area contributed by atoms with Crippen molar-refractivity contribution in [1.29, 1.82) is 0 Å². The summed E-state index contributed by atoms with van der Waals surface area (Å²) in [4.78, 5) is 2.60. The van der Waals surface area contributed by atoms with Crippen molar-refractivity contribution in [1.82, 2.24) is 4.90 Å². The Hall–Kier alpha value is -0.0800. The molecule has 0 spiro atoms.